The zero-order chi connectivity index (χ0) is 14.7. The van der Waals surface area contributed by atoms with Gasteiger partial charge in [-0.3, -0.25) is 0 Å². The first-order chi connectivity index (χ1) is 9.58. The Bertz CT molecular complexity index is 701. The summed E-state index contributed by atoms with van der Waals surface area (Å²) in [6, 6.07) is 7.27. The first-order valence-corrected chi connectivity index (χ1v) is 6.38. The fourth-order valence-corrected chi connectivity index (χ4v) is 1.90. The Morgan fingerprint density at radius 2 is 2.30 bits per heavy atom. The molecular formula is C14H12ClN3O2. The van der Waals surface area contributed by atoms with E-state index >= 15 is 0 Å². The molecule has 0 radical (unpaired) electrons. The summed E-state index contributed by atoms with van der Waals surface area (Å²) >= 11 is 6.06. The van der Waals surface area contributed by atoms with Gasteiger partial charge in [0.1, 0.15) is 11.6 Å². The van der Waals surface area contributed by atoms with Crippen LogP contribution in [0.15, 0.2) is 24.4 Å². The van der Waals surface area contributed by atoms with Crippen LogP contribution in [0.25, 0.3) is 5.69 Å². The number of nitrogens with zero attached hydrogens (tertiary/aromatic N) is 3. The molecule has 0 amide bonds. The Hall–Kier alpha value is -2.32. The second-order valence-corrected chi connectivity index (χ2v) is 4.49. The van der Waals surface area contributed by atoms with Crippen molar-refractivity contribution in [2.24, 2.45) is 0 Å². The van der Waals surface area contributed by atoms with Crippen molar-refractivity contribution >= 4 is 17.6 Å². The summed E-state index contributed by atoms with van der Waals surface area (Å²) in [6.07, 6.45) is 1.32. The van der Waals surface area contributed by atoms with Crippen LogP contribution in [0.2, 0.25) is 5.02 Å². The van der Waals surface area contributed by atoms with Gasteiger partial charge in [-0.25, -0.2) is 9.48 Å². The third-order valence-corrected chi connectivity index (χ3v) is 3.18. The van der Waals surface area contributed by atoms with Gasteiger partial charge in [0.25, 0.3) is 0 Å². The molecule has 20 heavy (non-hydrogen) atoms. The second kappa shape index (κ2) is 5.76. The molecule has 0 saturated carbocycles. The van der Waals surface area contributed by atoms with Gasteiger partial charge < -0.3 is 4.74 Å². The Labute approximate surface area is 121 Å². The maximum Gasteiger partial charge on any atom is 0.342 e. The average molecular weight is 290 g/mol. The van der Waals surface area contributed by atoms with Crippen molar-refractivity contribution in [3.63, 3.8) is 0 Å². The van der Waals surface area contributed by atoms with Gasteiger partial charge in [-0.1, -0.05) is 17.7 Å². The van der Waals surface area contributed by atoms with Crippen LogP contribution in [0, 0.1) is 18.3 Å². The van der Waals surface area contributed by atoms with Crippen LogP contribution in [0.3, 0.4) is 0 Å². The molecule has 0 bridgehead atoms. The number of benzene rings is 1. The third kappa shape index (κ3) is 2.51. The van der Waals surface area contributed by atoms with E-state index in [9.17, 15) is 10.1 Å². The van der Waals surface area contributed by atoms with Gasteiger partial charge in [0, 0.05) is 5.02 Å². The molecule has 2 aromatic rings. The standard InChI is InChI=1S/C14H12ClN3O2/c1-3-20-14(19)11-8-17-18(13(11)7-16)10-5-4-9(2)12(15)6-10/h4-6,8H,3H2,1-2H3. The molecule has 0 atom stereocenters. The third-order valence-electron chi connectivity index (χ3n) is 2.77. The van der Waals surface area contributed by atoms with Gasteiger partial charge in [0.2, 0.25) is 0 Å². The van der Waals surface area contributed by atoms with Gasteiger partial charge in [-0.05, 0) is 31.5 Å². The van der Waals surface area contributed by atoms with Crippen molar-refractivity contribution in [2.75, 3.05) is 6.61 Å². The summed E-state index contributed by atoms with van der Waals surface area (Å²) in [6.45, 7) is 3.82. The normalized spacial score (nSPS) is 10.1. The summed E-state index contributed by atoms with van der Waals surface area (Å²) < 4.78 is 6.27. The molecule has 1 aromatic carbocycles. The molecule has 0 unspecified atom stereocenters. The second-order valence-electron chi connectivity index (χ2n) is 4.08. The van der Waals surface area contributed by atoms with E-state index in [1.807, 2.05) is 19.1 Å². The van der Waals surface area contributed by atoms with Crippen molar-refractivity contribution in [1.82, 2.24) is 9.78 Å². The molecule has 0 aliphatic carbocycles. The van der Waals surface area contributed by atoms with Crippen LogP contribution in [-0.4, -0.2) is 22.4 Å². The Kier molecular flexibility index (Phi) is 4.06. The van der Waals surface area contributed by atoms with E-state index in [1.165, 1.54) is 10.9 Å². The topological polar surface area (TPSA) is 67.9 Å². The van der Waals surface area contributed by atoms with Crippen molar-refractivity contribution < 1.29 is 9.53 Å². The van der Waals surface area contributed by atoms with Crippen LogP contribution < -0.4 is 0 Å². The highest BCUT2D eigenvalue weighted by Crippen LogP contribution is 2.21. The van der Waals surface area contributed by atoms with Crippen LogP contribution >= 0.6 is 11.6 Å². The van der Waals surface area contributed by atoms with Gasteiger partial charge >= 0.3 is 5.97 Å². The maximum absolute atomic E-state index is 11.7. The number of nitriles is 1. The highest BCUT2D eigenvalue weighted by atomic mass is 35.5. The van der Waals surface area contributed by atoms with Gasteiger partial charge in [-0.15, -0.1) is 0 Å². The molecule has 2 rings (SSSR count). The smallest absolute Gasteiger partial charge is 0.342 e. The molecule has 1 heterocycles. The van der Waals surface area contributed by atoms with Crippen molar-refractivity contribution in [2.45, 2.75) is 13.8 Å². The lowest BCUT2D eigenvalue weighted by Crippen LogP contribution is -2.07. The van der Waals surface area contributed by atoms with E-state index < -0.39 is 5.97 Å². The number of aromatic nitrogens is 2. The van der Waals surface area contributed by atoms with Crippen LogP contribution in [-0.2, 0) is 4.74 Å². The average Bonchev–Trinajstić information content (AvgIpc) is 2.86. The quantitative estimate of drug-likeness (QED) is 0.815. The zero-order valence-electron chi connectivity index (χ0n) is 11.1. The molecular weight excluding hydrogens is 278 g/mol. The monoisotopic (exact) mass is 289 g/mol. The minimum Gasteiger partial charge on any atom is -0.462 e. The molecule has 0 fully saturated rings. The minimum absolute atomic E-state index is 0.128. The fraction of sp³-hybridized carbons (Fsp3) is 0.214. The molecule has 0 aliphatic heterocycles. The van der Waals surface area contributed by atoms with E-state index in [4.69, 9.17) is 16.3 Å². The van der Waals surface area contributed by atoms with Crippen molar-refractivity contribution in [1.29, 1.82) is 5.26 Å². The first-order valence-electron chi connectivity index (χ1n) is 6.00. The van der Waals surface area contributed by atoms with E-state index in [0.29, 0.717) is 10.7 Å². The molecule has 5 nitrogen and oxygen atoms in total. The largest absolute Gasteiger partial charge is 0.462 e. The van der Waals surface area contributed by atoms with Gasteiger partial charge in [-0.2, -0.15) is 10.4 Å². The highest BCUT2D eigenvalue weighted by Gasteiger charge is 2.19. The Balaban J connectivity index is 2.50. The molecule has 0 saturated heterocycles. The van der Waals surface area contributed by atoms with Crippen molar-refractivity contribution in [3.8, 4) is 11.8 Å². The Morgan fingerprint density at radius 1 is 1.55 bits per heavy atom. The number of hydrogen-bond acceptors (Lipinski definition) is 4. The number of esters is 1. The van der Waals surface area contributed by atoms with E-state index in [1.54, 1.807) is 19.1 Å². The lowest BCUT2D eigenvalue weighted by molar-refractivity contribution is 0.0526. The van der Waals surface area contributed by atoms with E-state index in [0.717, 1.165) is 5.56 Å². The van der Waals surface area contributed by atoms with E-state index in [2.05, 4.69) is 5.10 Å². The number of carbonyl (C=O) groups is 1. The molecule has 0 spiro atoms. The van der Waals surface area contributed by atoms with Gasteiger partial charge in [0.15, 0.2) is 5.69 Å². The molecule has 0 aliphatic rings. The van der Waals surface area contributed by atoms with Crippen LogP contribution in [0.1, 0.15) is 28.5 Å². The number of halogens is 1. The molecule has 6 heteroatoms. The Morgan fingerprint density at radius 3 is 2.90 bits per heavy atom. The lowest BCUT2D eigenvalue weighted by Gasteiger charge is -2.05. The number of ether oxygens (including phenoxy) is 1. The fourth-order valence-electron chi connectivity index (χ4n) is 1.72. The summed E-state index contributed by atoms with van der Waals surface area (Å²) in [5.74, 6) is -0.562. The molecule has 0 N–H and O–H groups in total. The van der Waals surface area contributed by atoms with Gasteiger partial charge in [0.05, 0.1) is 18.5 Å². The van der Waals surface area contributed by atoms with Crippen LogP contribution in [0.5, 0.6) is 0 Å². The first kappa shape index (κ1) is 14.1. The lowest BCUT2D eigenvalue weighted by atomic mass is 10.2. The van der Waals surface area contributed by atoms with Crippen LogP contribution in [0.4, 0.5) is 0 Å². The number of rotatable bonds is 3. The predicted molar refractivity (Wildman–Crippen MR) is 74.0 cm³/mol. The minimum atomic E-state index is -0.562. The molecule has 1 aromatic heterocycles. The van der Waals surface area contributed by atoms with E-state index in [-0.39, 0.29) is 17.9 Å². The zero-order valence-corrected chi connectivity index (χ0v) is 11.8. The number of carbonyl (C=O) groups excluding carboxylic acids is 1. The summed E-state index contributed by atoms with van der Waals surface area (Å²) in [4.78, 5) is 11.7. The number of aryl methyl sites for hydroxylation is 1. The summed E-state index contributed by atoms with van der Waals surface area (Å²) in [7, 11) is 0. The summed E-state index contributed by atoms with van der Waals surface area (Å²) in [5, 5.41) is 13.9. The number of hydrogen-bond donors (Lipinski definition) is 0. The maximum atomic E-state index is 11.7. The summed E-state index contributed by atoms with van der Waals surface area (Å²) in [5.41, 5.74) is 1.81. The SMILES string of the molecule is CCOC(=O)c1cnn(-c2ccc(C)c(Cl)c2)c1C#N. The predicted octanol–water partition coefficient (Wildman–Crippen LogP) is 2.88. The highest BCUT2D eigenvalue weighted by molar-refractivity contribution is 6.31. The van der Waals surface area contributed by atoms with Crippen molar-refractivity contribution in [3.05, 3.63) is 46.2 Å². The molecule has 102 valence electrons.